The van der Waals surface area contributed by atoms with E-state index in [4.69, 9.17) is 14.2 Å². The van der Waals surface area contributed by atoms with Gasteiger partial charge in [-0.25, -0.2) is 0 Å². The standard InChI is InChI=1S/C27H32N2O5/c1-32-23-7-5-4-6-20(23)27(31)15-18(10-11-28)12-19-21(27)16-29-26(19)22(30)13-17-8-9-24(33-2)25(14-17)34-3/h4-9,14,18-19,21,26,29,31H,10,12-13,15-16H2,1-3H3/t18-,19-,21-,26?,27-/m1/s1. The van der Waals surface area contributed by atoms with Crippen molar-refractivity contribution in [1.29, 1.82) is 5.26 Å². The number of carbonyl (C=O) groups is 1. The number of nitrogens with one attached hydrogen (secondary N) is 1. The average molecular weight is 465 g/mol. The number of nitrogens with zero attached hydrogens (tertiary/aromatic N) is 1. The van der Waals surface area contributed by atoms with Gasteiger partial charge >= 0.3 is 0 Å². The number of hydrogen-bond acceptors (Lipinski definition) is 7. The highest BCUT2D eigenvalue weighted by Gasteiger charge is 2.55. The van der Waals surface area contributed by atoms with Crippen molar-refractivity contribution < 1.29 is 24.1 Å². The second-order valence-electron chi connectivity index (χ2n) is 9.28. The summed E-state index contributed by atoms with van der Waals surface area (Å²) in [4.78, 5) is 13.5. The predicted molar refractivity (Wildman–Crippen MR) is 127 cm³/mol. The van der Waals surface area contributed by atoms with Crippen molar-refractivity contribution >= 4 is 5.78 Å². The first-order valence-corrected chi connectivity index (χ1v) is 11.6. The smallest absolute Gasteiger partial charge is 0.161 e. The number of rotatable bonds is 8. The van der Waals surface area contributed by atoms with Crippen molar-refractivity contribution in [2.45, 2.75) is 37.3 Å². The number of methoxy groups -OCH3 is 3. The van der Waals surface area contributed by atoms with Crippen LogP contribution in [-0.4, -0.2) is 44.8 Å². The first-order valence-electron chi connectivity index (χ1n) is 11.6. The summed E-state index contributed by atoms with van der Waals surface area (Å²) in [6.07, 6.45) is 1.79. The van der Waals surface area contributed by atoms with Gasteiger partial charge in [0.1, 0.15) is 5.75 Å². The Labute approximate surface area is 200 Å². The van der Waals surface area contributed by atoms with Crippen molar-refractivity contribution in [2.75, 3.05) is 27.9 Å². The highest BCUT2D eigenvalue weighted by atomic mass is 16.5. The third-order valence-electron chi connectivity index (χ3n) is 7.45. The average Bonchev–Trinajstić information content (AvgIpc) is 3.29. The molecule has 2 aromatic carbocycles. The molecule has 180 valence electrons. The molecule has 0 amide bonds. The van der Waals surface area contributed by atoms with Crippen LogP contribution in [0.15, 0.2) is 42.5 Å². The molecular weight excluding hydrogens is 432 g/mol. The Morgan fingerprint density at radius 2 is 1.85 bits per heavy atom. The molecule has 1 saturated carbocycles. The number of fused-ring (bicyclic) bond motifs is 1. The molecule has 1 unspecified atom stereocenters. The molecule has 2 N–H and O–H groups in total. The molecule has 34 heavy (non-hydrogen) atoms. The first kappa shape index (κ1) is 24.1. The number of para-hydroxylation sites is 1. The van der Waals surface area contributed by atoms with Crippen LogP contribution in [0, 0.1) is 29.1 Å². The Balaban J connectivity index is 1.62. The summed E-state index contributed by atoms with van der Waals surface area (Å²) in [5.41, 5.74) is 0.393. The molecule has 0 aromatic heterocycles. The summed E-state index contributed by atoms with van der Waals surface area (Å²) in [6, 6.07) is 14.9. The molecule has 5 atom stereocenters. The summed E-state index contributed by atoms with van der Waals surface area (Å²) < 4.78 is 16.2. The van der Waals surface area contributed by atoms with E-state index in [9.17, 15) is 15.2 Å². The van der Waals surface area contributed by atoms with Crippen LogP contribution >= 0.6 is 0 Å². The molecule has 7 heteroatoms. The van der Waals surface area contributed by atoms with Crippen molar-refractivity contribution in [2.24, 2.45) is 17.8 Å². The van der Waals surface area contributed by atoms with Gasteiger partial charge in [0.25, 0.3) is 0 Å². The van der Waals surface area contributed by atoms with Crippen LogP contribution in [0.2, 0.25) is 0 Å². The second kappa shape index (κ2) is 10.0. The van der Waals surface area contributed by atoms with Crippen LogP contribution in [0.1, 0.15) is 30.4 Å². The van der Waals surface area contributed by atoms with E-state index in [2.05, 4.69) is 11.4 Å². The zero-order valence-electron chi connectivity index (χ0n) is 19.9. The van der Waals surface area contributed by atoms with Gasteiger partial charge in [0.2, 0.25) is 0 Å². The van der Waals surface area contributed by atoms with Gasteiger partial charge in [-0.3, -0.25) is 4.79 Å². The highest BCUT2D eigenvalue weighted by molar-refractivity contribution is 5.87. The quantitative estimate of drug-likeness (QED) is 0.619. The van der Waals surface area contributed by atoms with E-state index in [0.29, 0.717) is 36.6 Å². The van der Waals surface area contributed by atoms with Crippen LogP contribution in [0.3, 0.4) is 0 Å². The molecular formula is C27H32N2O5. The molecule has 1 aliphatic heterocycles. The number of aliphatic hydroxyl groups is 1. The Kier molecular flexibility index (Phi) is 7.11. The summed E-state index contributed by atoms with van der Waals surface area (Å²) >= 11 is 0. The molecule has 0 radical (unpaired) electrons. The summed E-state index contributed by atoms with van der Waals surface area (Å²) in [5, 5.41) is 24.9. The summed E-state index contributed by atoms with van der Waals surface area (Å²) in [6.45, 7) is 0.529. The maximum Gasteiger partial charge on any atom is 0.161 e. The molecule has 2 aromatic rings. The van der Waals surface area contributed by atoms with Crippen LogP contribution in [0.25, 0.3) is 0 Å². The van der Waals surface area contributed by atoms with Gasteiger partial charge < -0.3 is 24.6 Å². The number of Topliss-reactive ketones (excluding diaryl/α,β-unsaturated/α-hetero) is 1. The van der Waals surface area contributed by atoms with Gasteiger partial charge in [-0.05, 0) is 48.4 Å². The monoisotopic (exact) mass is 464 g/mol. The van der Waals surface area contributed by atoms with Gasteiger partial charge in [-0.15, -0.1) is 0 Å². The lowest BCUT2D eigenvalue weighted by Crippen LogP contribution is -2.48. The minimum atomic E-state index is -1.18. The summed E-state index contributed by atoms with van der Waals surface area (Å²) in [5.74, 6) is 1.67. The fourth-order valence-corrected chi connectivity index (χ4v) is 5.92. The largest absolute Gasteiger partial charge is 0.496 e. The van der Waals surface area contributed by atoms with Crippen molar-refractivity contribution in [3.8, 4) is 23.3 Å². The Bertz CT molecular complexity index is 1080. The van der Waals surface area contributed by atoms with E-state index in [1.54, 1.807) is 27.4 Å². The van der Waals surface area contributed by atoms with Crippen LogP contribution in [-0.2, 0) is 16.8 Å². The Morgan fingerprint density at radius 1 is 1.12 bits per heavy atom. The molecule has 0 spiro atoms. The maximum atomic E-state index is 13.5. The highest BCUT2D eigenvalue weighted by Crippen LogP contribution is 2.52. The van der Waals surface area contributed by atoms with Crippen LogP contribution in [0.4, 0.5) is 0 Å². The molecule has 1 aliphatic carbocycles. The molecule has 1 saturated heterocycles. The fraction of sp³-hybridized carbons (Fsp3) is 0.481. The number of hydrogen-bond donors (Lipinski definition) is 2. The molecule has 0 bridgehead atoms. The molecule has 2 aliphatic rings. The van der Waals surface area contributed by atoms with E-state index < -0.39 is 5.60 Å². The maximum absolute atomic E-state index is 13.5. The number of benzene rings is 2. The van der Waals surface area contributed by atoms with Crippen molar-refractivity contribution in [3.05, 3.63) is 53.6 Å². The molecule has 1 heterocycles. The third-order valence-corrected chi connectivity index (χ3v) is 7.45. The molecule has 4 rings (SSSR count). The lowest BCUT2D eigenvalue weighted by molar-refractivity contribution is -0.124. The summed E-state index contributed by atoms with van der Waals surface area (Å²) in [7, 11) is 4.75. The zero-order valence-corrected chi connectivity index (χ0v) is 19.9. The van der Waals surface area contributed by atoms with E-state index in [1.807, 2.05) is 36.4 Å². The lowest BCUT2D eigenvalue weighted by Gasteiger charge is -2.46. The van der Waals surface area contributed by atoms with Gasteiger partial charge in [-0.1, -0.05) is 24.3 Å². The number of nitriles is 1. The Hall–Kier alpha value is -3.08. The lowest BCUT2D eigenvalue weighted by atomic mass is 9.61. The first-order chi connectivity index (χ1) is 16.4. The van der Waals surface area contributed by atoms with E-state index in [1.165, 1.54) is 0 Å². The zero-order chi connectivity index (χ0) is 24.3. The number of ether oxygens (including phenoxy) is 3. The molecule has 7 nitrogen and oxygen atoms in total. The van der Waals surface area contributed by atoms with Crippen molar-refractivity contribution in [3.63, 3.8) is 0 Å². The Morgan fingerprint density at radius 3 is 2.56 bits per heavy atom. The molecule has 2 fully saturated rings. The van der Waals surface area contributed by atoms with Gasteiger partial charge in [0, 0.05) is 30.9 Å². The minimum absolute atomic E-state index is 0.00237. The third kappa shape index (κ3) is 4.36. The minimum Gasteiger partial charge on any atom is -0.496 e. The fourth-order valence-electron chi connectivity index (χ4n) is 5.92. The topological polar surface area (TPSA) is 101 Å². The van der Waals surface area contributed by atoms with E-state index in [-0.39, 0.29) is 36.0 Å². The number of carbonyl (C=O) groups excluding carboxylic acids is 1. The number of ketones is 1. The SMILES string of the molecule is COc1ccc(CC(=O)C2NC[C@@H]3[C@H]2C[C@@H](CC#N)C[C@@]3(O)c2ccccc2OC)cc1OC. The predicted octanol–water partition coefficient (Wildman–Crippen LogP) is 3.24. The van der Waals surface area contributed by atoms with Gasteiger partial charge in [0.15, 0.2) is 17.3 Å². The normalized spacial score (nSPS) is 28.0. The van der Waals surface area contributed by atoms with Gasteiger partial charge in [-0.2, -0.15) is 5.26 Å². The van der Waals surface area contributed by atoms with Crippen LogP contribution < -0.4 is 19.5 Å². The van der Waals surface area contributed by atoms with E-state index in [0.717, 1.165) is 17.5 Å². The van der Waals surface area contributed by atoms with Gasteiger partial charge in [0.05, 0.1) is 39.0 Å². The van der Waals surface area contributed by atoms with Crippen LogP contribution in [0.5, 0.6) is 17.2 Å². The second-order valence-corrected chi connectivity index (χ2v) is 9.28. The van der Waals surface area contributed by atoms with E-state index >= 15 is 0 Å². The van der Waals surface area contributed by atoms with Crippen molar-refractivity contribution in [1.82, 2.24) is 5.32 Å².